The van der Waals surface area contributed by atoms with E-state index in [2.05, 4.69) is 5.32 Å². The normalized spacial score (nSPS) is 26.4. The number of anilines is 1. The molecule has 6 heteroatoms. The van der Waals surface area contributed by atoms with Gasteiger partial charge in [-0.25, -0.2) is 4.79 Å². The number of carbonyl (C=O) groups excluding carboxylic acids is 1. The van der Waals surface area contributed by atoms with Gasteiger partial charge in [0, 0.05) is 23.8 Å². The number of hydrogen-bond acceptors (Lipinski definition) is 3. The van der Waals surface area contributed by atoms with Crippen LogP contribution in [-0.4, -0.2) is 34.7 Å². The average molecular weight is 371 g/mol. The number of ether oxygens (including phenoxy) is 1. The molecule has 2 unspecified atom stereocenters. The van der Waals surface area contributed by atoms with Crippen LogP contribution in [0.4, 0.5) is 10.5 Å². The minimum atomic E-state index is -0.453. The lowest BCUT2D eigenvalue weighted by Crippen LogP contribution is -2.51. The number of halogens is 2. The van der Waals surface area contributed by atoms with Gasteiger partial charge in [0.15, 0.2) is 0 Å². The minimum absolute atomic E-state index is 0.178. The molecule has 2 saturated heterocycles. The molecule has 1 N–H and O–H groups in total. The van der Waals surface area contributed by atoms with Crippen molar-refractivity contribution in [3.05, 3.63) is 28.2 Å². The molecule has 0 radical (unpaired) electrons. The van der Waals surface area contributed by atoms with Gasteiger partial charge in [0.1, 0.15) is 5.60 Å². The summed E-state index contributed by atoms with van der Waals surface area (Å²) < 4.78 is 5.57. The van der Waals surface area contributed by atoms with E-state index in [0.717, 1.165) is 31.4 Å². The van der Waals surface area contributed by atoms with Crippen molar-refractivity contribution in [2.45, 2.75) is 70.2 Å². The van der Waals surface area contributed by atoms with Gasteiger partial charge in [-0.1, -0.05) is 23.2 Å². The highest BCUT2D eigenvalue weighted by atomic mass is 35.5. The summed E-state index contributed by atoms with van der Waals surface area (Å²) in [6.45, 7) is 5.72. The van der Waals surface area contributed by atoms with E-state index in [1.54, 1.807) is 6.07 Å². The molecular weight excluding hydrogens is 347 g/mol. The van der Waals surface area contributed by atoms with Crippen LogP contribution < -0.4 is 5.32 Å². The quantitative estimate of drug-likeness (QED) is 0.763. The molecule has 2 aliphatic rings. The molecule has 2 fully saturated rings. The number of piperidine rings is 1. The second-order valence-corrected chi connectivity index (χ2v) is 8.53. The molecule has 24 heavy (non-hydrogen) atoms. The van der Waals surface area contributed by atoms with Crippen LogP contribution in [-0.2, 0) is 4.74 Å². The number of rotatable bonds is 2. The predicted molar refractivity (Wildman–Crippen MR) is 98.0 cm³/mol. The smallest absolute Gasteiger partial charge is 0.410 e. The van der Waals surface area contributed by atoms with Crippen LogP contribution in [0.2, 0.25) is 10.0 Å². The standard InChI is InChI=1S/C18H24Cl2N2O2/c1-18(2,3)24-17(23)22-13-5-6-14(22)9-12(8-13)21-11-4-7-15(19)16(20)10-11/h4,7,10,12-14,21H,5-6,8-9H2,1-3H3. The molecule has 0 aliphatic carbocycles. The molecule has 0 spiro atoms. The fourth-order valence-corrected chi connectivity index (χ4v) is 4.03. The second-order valence-electron chi connectivity index (χ2n) is 7.71. The number of fused-ring (bicyclic) bond motifs is 2. The Balaban J connectivity index is 1.64. The van der Waals surface area contributed by atoms with E-state index in [0.29, 0.717) is 16.1 Å². The van der Waals surface area contributed by atoms with Crippen LogP contribution in [0, 0.1) is 0 Å². The van der Waals surface area contributed by atoms with E-state index in [1.807, 2.05) is 37.8 Å². The summed E-state index contributed by atoms with van der Waals surface area (Å²) >= 11 is 12.1. The fourth-order valence-electron chi connectivity index (χ4n) is 3.73. The molecule has 2 bridgehead atoms. The van der Waals surface area contributed by atoms with Crippen molar-refractivity contribution in [3.8, 4) is 0 Å². The van der Waals surface area contributed by atoms with Gasteiger partial charge in [0.05, 0.1) is 10.0 Å². The monoisotopic (exact) mass is 370 g/mol. The number of benzene rings is 1. The van der Waals surface area contributed by atoms with Crippen LogP contribution in [0.5, 0.6) is 0 Å². The van der Waals surface area contributed by atoms with Gasteiger partial charge in [0.25, 0.3) is 0 Å². The summed E-state index contributed by atoms with van der Waals surface area (Å²) in [5.74, 6) is 0. The Bertz CT molecular complexity index is 616. The first-order valence-electron chi connectivity index (χ1n) is 8.46. The molecule has 1 aromatic carbocycles. The number of nitrogens with one attached hydrogen (secondary N) is 1. The number of nitrogens with zero attached hydrogens (tertiary/aromatic N) is 1. The second kappa shape index (κ2) is 6.64. The molecule has 0 aromatic heterocycles. The molecule has 132 valence electrons. The molecule has 2 heterocycles. The lowest BCUT2D eigenvalue weighted by atomic mass is 9.97. The van der Waals surface area contributed by atoms with Crippen LogP contribution in [0.1, 0.15) is 46.5 Å². The summed E-state index contributed by atoms with van der Waals surface area (Å²) in [6, 6.07) is 6.43. The summed E-state index contributed by atoms with van der Waals surface area (Å²) in [6.07, 6.45) is 3.77. The van der Waals surface area contributed by atoms with E-state index >= 15 is 0 Å². The minimum Gasteiger partial charge on any atom is -0.444 e. The lowest BCUT2D eigenvalue weighted by Gasteiger charge is -2.40. The van der Waals surface area contributed by atoms with E-state index in [-0.39, 0.29) is 18.2 Å². The Morgan fingerprint density at radius 1 is 1.17 bits per heavy atom. The van der Waals surface area contributed by atoms with Crippen LogP contribution in [0.25, 0.3) is 0 Å². The van der Waals surface area contributed by atoms with Crippen LogP contribution in [0.15, 0.2) is 18.2 Å². The van der Waals surface area contributed by atoms with Gasteiger partial charge in [0.2, 0.25) is 0 Å². The molecule has 2 aliphatic heterocycles. The third kappa shape index (κ3) is 3.92. The summed E-state index contributed by atoms with van der Waals surface area (Å²) in [5, 5.41) is 4.64. The third-order valence-electron chi connectivity index (χ3n) is 4.63. The van der Waals surface area contributed by atoms with Crippen molar-refractivity contribution < 1.29 is 9.53 Å². The van der Waals surface area contributed by atoms with Gasteiger partial charge in [-0.05, 0) is 64.7 Å². The maximum Gasteiger partial charge on any atom is 0.410 e. The maximum atomic E-state index is 12.5. The zero-order valence-electron chi connectivity index (χ0n) is 14.3. The molecule has 3 rings (SSSR count). The van der Waals surface area contributed by atoms with Crippen LogP contribution >= 0.6 is 23.2 Å². The first kappa shape index (κ1) is 17.7. The molecule has 0 saturated carbocycles. The topological polar surface area (TPSA) is 41.6 Å². The van der Waals surface area contributed by atoms with E-state index < -0.39 is 5.60 Å². The predicted octanol–water partition coefficient (Wildman–Crippen LogP) is 5.34. The van der Waals surface area contributed by atoms with Crippen molar-refractivity contribution in [1.29, 1.82) is 0 Å². The summed E-state index contributed by atoms with van der Waals surface area (Å²) in [7, 11) is 0. The maximum absolute atomic E-state index is 12.5. The lowest BCUT2D eigenvalue weighted by molar-refractivity contribution is 0.00684. The van der Waals surface area contributed by atoms with Gasteiger partial charge in [-0.15, -0.1) is 0 Å². The molecule has 4 nitrogen and oxygen atoms in total. The Kier molecular flexibility index (Phi) is 4.89. The van der Waals surface area contributed by atoms with Crippen molar-refractivity contribution in [3.63, 3.8) is 0 Å². The molecule has 1 aromatic rings. The van der Waals surface area contributed by atoms with Crippen molar-refractivity contribution in [2.75, 3.05) is 5.32 Å². The van der Waals surface area contributed by atoms with E-state index in [1.165, 1.54) is 0 Å². The Labute approximate surface area is 153 Å². The number of carbonyl (C=O) groups is 1. The van der Waals surface area contributed by atoms with Crippen molar-refractivity contribution in [2.24, 2.45) is 0 Å². The van der Waals surface area contributed by atoms with Crippen molar-refractivity contribution >= 4 is 35.0 Å². The molecule has 2 atom stereocenters. The largest absolute Gasteiger partial charge is 0.444 e. The zero-order valence-corrected chi connectivity index (χ0v) is 15.8. The number of hydrogen-bond donors (Lipinski definition) is 1. The highest BCUT2D eigenvalue weighted by Crippen LogP contribution is 2.38. The number of amides is 1. The van der Waals surface area contributed by atoms with E-state index in [4.69, 9.17) is 27.9 Å². The van der Waals surface area contributed by atoms with Gasteiger partial charge in [-0.3, -0.25) is 0 Å². The zero-order chi connectivity index (χ0) is 17.5. The Morgan fingerprint density at radius 2 is 1.79 bits per heavy atom. The highest BCUT2D eigenvalue weighted by Gasteiger charge is 2.44. The van der Waals surface area contributed by atoms with Gasteiger partial charge < -0.3 is 15.0 Å². The van der Waals surface area contributed by atoms with E-state index in [9.17, 15) is 4.79 Å². The van der Waals surface area contributed by atoms with Crippen LogP contribution in [0.3, 0.4) is 0 Å². The Morgan fingerprint density at radius 3 is 2.33 bits per heavy atom. The first-order chi connectivity index (χ1) is 11.2. The fraction of sp³-hybridized carbons (Fsp3) is 0.611. The third-order valence-corrected chi connectivity index (χ3v) is 5.37. The molecular formula is C18H24Cl2N2O2. The first-order valence-corrected chi connectivity index (χ1v) is 9.21. The average Bonchev–Trinajstić information content (AvgIpc) is 2.73. The van der Waals surface area contributed by atoms with Gasteiger partial charge in [-0.2, -0.15) is 0 Å². The highest BCUT2D eigenvalue weighted by molar-refractivity contribution is 6.42. The summed E-state index contributed by atoms with van der Waals surface area (Å²) in [4.78, 5) is 14.4. The van der Waals surface area contributed by atoms with Gasteiger partial charge >= 0.3 is 6.09 Å². The summed E-state index contributed by atoms with van der Waals surface area (Å²) in [5.41, 5.74) is 0.519. The Hall–Kier alpha value is -1.13. The SMILES string of the molecule is CC(C)(C)OC(=O)N1C2CCC1CC(Nc1ccc(Cl)c(Cl)c1)C2. The molecule has 1 amide bonds. The van der Waals surface area contributed by atoms with Crippen molar-refractivity contribution in [1.82, 2.24) is 4.90 Å².